The summed E-state index contributed by atoms with van der Waals surface area (Å²) in [6.45, 7) is 5.06. The molecule has 0 spiro atoms. The zero-order valence-electron chi connectivity index (χ0n) is 17.3. The number of carbonyl (C=O) groups is 1. The van der Waals surface area contributed by atoms with Crippen molar-refractivity contribution in [3.8, 4) is 17.2 Å². The van der Waals surface area contributed by atoms with Gasteiger partial charge in [-0.2, -0.15) is 0 Å². The standard InChI is InChI=1S/C21H26N2O6S/c1-4-28-19-9-7-15(13-20(19)29-5-2)21(24)22-17-14-16(8-10-18(17)27-3)23-11-6-12-30(23,25)26/h7-10,13-14H,4-6,11-12H2,1-3H3,(H,22,24). The van der Waals surface area contributed by atoms with E-state index in [1.165, 1.54) is 11.4 Å². The van der Waals surface area contributed by atoms with Gasteiger partial charge in [-0.15, -0.1) is 0 Å². The number of amides is 1. The van der Waals surface area contributed by atoms with Gasteiger partial charge in [0.1, 0.15) is 5.75 Å². The van der Waals surface area contributed by atoms with Gasteiger partial charge in [-0.3, -0.25) is 9.10 Å². The molecule has 8 nitrogen and oxygen atoms in total. The summed E-state index contributed by atoms with van der Waals surface area (Å²) in [5, 5.41) is 2.81. The lowest BCUT2D eigenvalue weighted by Crippen LogP contribution is -2.25. The summed E-state index contributed by atoms with van der Waals surface area (Å²) in [4.78, 5) is 12.9. The molecule has 1 amide bonds. The van der Waals surface area contributed by atoms with E-state index in [9.17, 15) is 13.2 Å². The second-order valence-corrected chi connectivity index (χ2v) is 8.62. The van der Waals surface area contributed by atoms with Crippen LogP contribution in [0.5, 0.6) is 17.2 Å². The molecule has 0 aromatic heterocycles. The van der Waals surface area contributed by atoms with E-state index in [-0.39, 0.29) is 11.7 Å². The van der Waals surface area contributed by atoms with Crippen molar-refractivity contribution in [2.45, 2.75) is 20.3 Å². The van der Waals surface area contributed by atoms with Crippen molar-refractivity contribution in [3.63, 3.8) is 0 Å². The normalized spacial score (nSPS) is 15.0. The molecule has 30 heavy (non-hydrogen) atoms. The van der Waals surface area contributed by atoms with Crippen LogP contribution in [-0.4, -0.2) is 46.9 Å². The molecule has 0 unspecified atom stereocenters. The number of anilines is 2. The average Bonchev–Trinajstić information content (AvgIpc) is 3.08. The molecular weight excluding hydrogens is 408 g/mol. The number of sulfonamides is 1. The minimum atomic E-state index is -3.33. The number of carbonyl (C=O) groups excluding carboxylic acids is 1. The number of ether oxygens (including phenoxy) is 3. The Morgan fingerprint density at radius 3 is 2.37 bits per heavy atom. The first-order chi connectivity index (χ1) is 14.4. The highest BCUT2D eigenvalue weighted by atomic mass is 32.2. The average molecular weight is 435 g/mol. The molecule has 2 aromatic rings. The number of hydrogen-bond acceptors (Lipinski definition) is 6. The van der Waals surface area contributed by atoms with Crippen LogP contribution in [0.3, 0.4) is 0 Å². The fourth-order valence-electron chi connectivity index (χ4n) is 3.27. The van der Waals surface area contributed by atoms with Crippen molar-refractivity contribution < 1.29 is 27.4 Å². The summed E-state index contributed by atoms with van der Waals surface area (Å²) >= 11 is 0. The van der Waals surface area contributed by atoms with Gasteiger partial charge in [0, 0.05) is 12.1 Å². The van der Waals surface area contributed by atoms with Crippen molar-refractivity contribution in [2.75, 3.05) is 42.2 Å². The predicted octanol–water partition coefficient (Wildman–Crippen LogP) is 3.28. The Hall–Kier alpha value is -2.94. The van der Waals surface area contributed by atoms with Crippen LogP contribution in [0.15, 0.2) is 36.4 Å². The molecule has 1 aliphatic heterocycles. The molecule has 2 aromatic carbocycles. The van der Waals surface area contributed by atoms with Gasteiger partial charge in [0.25, 0.3) is 5.91 Å². The second kappa shape index (κ2) is 9.25. The summed E-state index contributed by atoms with van der Waals surface area (Å²) in [7, 11) is -1.84. The number of methoxy groups -OCH3 is 1. The SMILES string of the molecule is CCOc1ccc(C(=O)Nc2cc(N3CCCS3(=O)=O)ccc2OC)cc1OCC. The first kappa shape index (κ1) is 21.8. The minimum absolute atomic E-state index is 0.118. The molecule has 0 bridgehead atoms. The van der Waals surface area contributed by atoms with Gasteiger partial charge in [0.15, 0.2) is 11.5 Å². The monoisotopic (exact) mass is 434 g/mol. The summed E-state index contributed by atoms with van der Waals surface area (Å²) in [6, 6.07) is 9.87. The molecule has 162 valence electrons. The van der Waals surface area contributed by atoms with E-state index < -0.39 is 10.0 Å². The Balaban J connectivity index is 1.89. The Kier molecular flexibility index (Phi) is 6.71. The molecule has 1 heterocycles. The van der Waals surface area contributed by atoms with Crippen LogP contribution in [0.1, 0.15) is 30.6 Å². The molecular formula is C21H26N2O6S. The summed E-state index contributed by atoms with van der Waals surface area (Å²) in [5.41, 5.74) is 1.25. The lowest BCUT2D eigenvalue weighted by Gasteiger charge is -2.19. The van der Waals surface area contributed by atoms with E-state index in [2.05, 4.69) is 5.32 Å². The van der Waals surface area contributed by atoms with Gasteiger partial charge in [-0.1, -0.05) is 0 Å². The van der Waals surface area contributed by atoms with Crippen molar-refractivity contribution in [3.05, 3.63) is 42.0 Å². The maximum absolute atomic E-state index is 12.9. The molecule has 0 radical (unpaired) electrons. The van der Waals surface area contributed by atoms with Crippen molar-refractivity contribution in [2.24, 2.45) is 0 Å². The maximum atomic E-state index is 12.9. The fourth-order valence-corrected chi connectivity index (χ4v) is 4.82. The van der Waals surface area contributed by atoms with E-state index in [0.29, 0.717) is 60.4 Å². The first-order valence-corrected chi connectivity index (χ1v) is 11.4. The Morgan fingerprint density at radius 1 is 1.03 bits per heavy atom. The van der Waals surface area contributed by atoms with Gasteiger partial charge in [-0.05, 0) is 56.7 Å². The van der Waals surface area contributed by atoms with Crippen LogP contribution in [0.25, 0.3) is 0 Å². The largest absolute Gasteiger partial charge is 0.495 e. The third-order valence-electron chi connectivity index (χ3n) is 4.62. The van der Waals surface area contributed by atoms with Gasteiger partial charge in [0.05, 0.1) is 37.5 Å². The molecule has 1 fully saturated rings. The first-order valence-electron chi connectivity index (χ1n) is 9.79. The molecule has 9 heteroatoms. The molecule has 1 aliphatic rings. The van der Waals surface area contributed by atoms with Crippen molar-refractivity contribution in [1.29, 1.82) is 0 Å². The highest BCUT2D eigenvalue weighted by Gasteiger charge is 2.29. The lowest BCUT2D eigenvalue weighted by atomic mass is 10.1. The molecule has 0 atom stereocenters. The van der Waals surface area contributed by atoms with E-state index in [4.69, 9.17) is 14.2 Å². The topological polar surface area (TPSA) is 94.2 Å². The van der Waals surface area contributed by atoms with Gasteiger partial charge >= 0.3 is 0 Å². The maximum Gasteiger partial charge on any atom is 0.255 e. The number of nitrogens with zero attached hydrogens (tertiary/aromatic N) is 1. The number of nitrogens with one attached hydrogen (secondary N) is 1. The van der Waals surface area contributed by atoms with Crippen LogP contribution >= 0.6 is 0 Å². The van der Waals surface area contributed by atoms with E-state index >= 15 is 0 Å². The predicted molar refractivity (Wildman–Crippen MR) is 115 cm³/mol. The van der Waals surface area contributed by atoms with Crippen molar-refractivity contribution in [1.82, 2.24) is 0 Å². The zero-order valence-corrected chi connectivity index (χ0v) is 18.1. The highest BCUT2D eigenvalue weighted by molar-refractivity contribution is 7.93. The summed E-state index contributed by atoms with van der Waals surface area (Å²) in [6.07, 6.45) is 0.572. The molecule has 3 rings (SSSR count). The number of benzene rings is 2. The number of hydrogen-bond donors (Lipinski definition) is 1. The van der Waals surface area contributed by atoms with Crippen molar-refractivity contribution >= 4 is 27.3 Å². The van der Waals surface area contributed by atoms with E-state index in [1.807, 2.05) is 13.8 Å². The lowest BCUT2D eigenvalue weighted by molar-refractivity contribution is 0.102. The van der Waals surface area contributed by atoms with Crippen LogP contribution in [0.2, 0.25) is 0 Å². The smallest absolute Gasteiger partial charge is 0.255 e. The van der Waals surface area contributed by atoms with Crippen LogP contribution < -0.4 is 23.8 Å². The third kappa shape index (κ3) is 4.62. The third-order valence-corrected chi connectivity index (χ3v) is 6.49. The Morgan fingerprint density at radius 2 is 1.73 bits per heavy atom. The minimum Gasteiger partial charge on any atom is -0.495 e. The molecule has 0 saturated carbocycles. The molecule has 1 saturated heterocycles. The molecule has 1 N–H and O–H groups in total. The number of rotatable bonds is 8. The quantitative estimate of drug-likeness (QED) is 0.685. The Bertz CT molecular complexity index is 1020. The van der Waals surface area contributed by atoms with E-state index in [0.717, 1.165) is 0 Å². The van der Waals surface area contributed by atoms with Crippen LogP contribution in [0.4, 0.5) is 11.4 Å². The zero-order chi connectivity index (χ0) is 21.7. The van der Waals surface area contributed by atoms with E-state index in [1.54, 1.807) is 36.4 Å². The van der Waals surface area contributed by atoms with Gasteiger partial charge in [0.2, 0.25) is 10.0 Å². The second-order valence-electron chi connectivity index (χ2n) is 6.61. The summed E-state index contributed by atoms with van der Waals surface area (Å²) in [5.74, 6) is 1.22. The van der Waals surface area contributed by atoms with Crippen LogP contribution in [-0.2, 0) is 10.0 Å². The Labute approximate surface area is 176 Å². The molecule has 0 aliphatic carbocycles. The van der Waals surface area contributed by atoms with Gasteiger partial charge in [-0.25, -0.2) is 8.42 Å². The van der Waals surface area contributed by atoms with Crippen LogP contribution in [0, 0.1) is 0 Å². The van der Waals surface area contributed by atoms with Gasteiger partial charge < -0.3 is 19.5 Å². The highest BCUT2D eigenvalue weighted by Crippen LogP contribution is 2.34. The summed E-state index contributed by atoms with van der Waals surface area (Å²) < 4.78 is 42.3. The fraction of sp³-hybridized carbons (Fsp3) is 0.381.